The summed E-state index contributed by atoms with van der Waals surface area (Å²) in [7, 11) is 0. The molecule has 0 amide bonds. The molecule has 19 heavy (non-hydrogen) atoms. The standard InChI is InChI=1S/C14H21NO3S/c1-3-17-9-8-12-15-13-10(14(16)18-4-2)6-5-7-11(13)19-12/h10H,3-9H2,1-2H3. The first-order chi connectivity index (χ1) is 9.26. The SMILES string of the molecule is CCOCCc1nc2c(s1)CCCC2C(=O)OCC. The summed E-state index contributed by atoms with van der Waals surface area (Å²) in [4.78, 5) is 17.9. The zero-order chi connectivity index (χ0) is 13.7. The number of ether oxygens (including phenoxy) is 2. The summed E-state index contributed by atoms with van der Waals surface area (Å²) in [6.45, 7) is 5.70. The smallest absolute Gasteiger partial charge is 0.315 e. The predicted molar refractivity (Wildman–Crippen MR) is 74.6 cm³/mol. The van der Waals surface area contributed by atoms with E-state index in [0.29, 0.717) is 13.2 Å². The number of fused-ring (bicyclic) bond motifs is 1. The van der Waals surface area contributed by atoms with Crippen LogP contribution in [0.25, 0.3) is 0 Å². The Morgan fingerprint density at radius 2 is 2.26 bits per heavy atom. The first kappa shape index (κ1) is 14.5. The van der Waals surface area contributed by atoms with Gasteiger partial charge < -0.3 is 9.47 Å². The lowest BCUT2D eigenvalue weighted by molar-refractivity contribution is -0.145. The number of rotatable bonds is 6. The third kappa shape index (κ3) is 3.54. The minimum atomic E-state index is -0.152. The van der Waals surface area contributed by atoms with Crippen LogP contribution in [0.2, 0.25) is 0 Å². The molecule has 1 aliphatic rings. The summed E-state index contributed by atoms with van der Waals surface area (Å²) >= 11 is 1.73. The van der Waals surface area contributed by atoms with Crippen LogP contribution in [0.4, 0.5) is 0 Å². The number of carbonyl (C=O) groups is 1. The fraction of sp³-hybridized carbons (Fsp3) is 0.714. The van der Waals surface area contributed by atoms with Crippen LogP contribution < -0.4 is 0 Å². The molecule has 106 valence electrons. The van der Waals surface area contributed by atoms with Gasteiger partial charge in [0.1, 0.15) is 5.92 Å². The Balaban J connectivity index is 2.08. The first-order valence-electron chi connectivity index (χ1n) is 6.99. The van der Waals surface area contributed by atoms with Gasteiger partial charge in [0.25, 0.3) is 0 Å². The zero-order valence-electron chi connectivity index (χ0n) is 11.6. The van der Waals surface area contributed by atoms with Gasteiger partial charge in [-0.1, -0.05) is 0 Å². The van der Waals surface area contributed by atoms with Crippen molar-refractivity contribution < 1.29 is 14.3 Å². The number of hydrogen-bond acceptors (Lipinski definition) is 5. The lowest BCUT2D eigenvalue weighted by Crippen LogP contribution is -2.20. The summed E-state index contributed by atoms with van der Waals surface area (Å²) in [5.74, 6) is -0.272. The maximum atomic E-state index is 11.9. The molecule has 0 spiro atoms. The molecule has 0 radical (unpaired) electrons. The number of aromatic nitrogens is 1. The molecule has 1 aromatic heterocycles. The van der Waals surface area contributed by atoms with Gasteiger partial charge in [0.15, 0.2) is 0 Å². The maximum absolute atomic E-state index is 11.9. The summed E-state index contributed by atoms with van der Waals surface area (Å²) < 4.78 is 10.5. The van der Waals surface area contributed by atoms with Crippen molar-refractivity contribution in [1.82, 2.24) is 4.98 Å². The molecular weight excluding hydrogens is 262 g/mol. The Kier molecular flexibility index (Phi) is 5.34. The van der Waals surface area contributed by atoms with E-state index in [9.17, 15) is 4.79 Å². The topological polar surface area (TPSA) is 48.4 Å². The van der Waals surface area contributed by atoms with Crippen LogP contribution in [-0.4, -0.2) is 30.8 Å². The number of hydrogen-bond donors (Lipinski definition) is 0. The molecule has 2 rings (SSSR count). The van der Waals surface area contributed by atoms with E-state index in [0.717, 1.165) is 43.0 Å². The van der Waals surface area contributed by atoms with Crippen LogP contribution in [-0.2, 0) is 27.1 Å². The van der Waals surface area contributed by atoms with Crippen LogP contribution in [0.15, 0.2) is 0 Å². The highest BCUT2D eigenvalue weighted by molar-refractivity contribution is 7.11. The molecule has 0 saturated carbocycles. The fourth-order valence-electron chi connectivity index (χ4n) is 2.35. The average molecular weight is 283 g/mol. The number of aryl methyl sites for hydroxylation is 1. The van der Waals surface area contributed by atoms with Gasteiger partial charge in [0.05, 0.1) is 23.9 Å². The van der Waals surface area contributed by atoms with E-state index >= 15 is 0 Å². The molecule has 0 bridgehead atoms. The van der Waals surface area contributed by atoms with Crippen LogP contribution in [0.1, 0.15) is 48.2 Å². The second-order valence-electron chi connectivity index (χ2n) is 4.56. The third-order valence-electron chi connectivity index (χ3n) is 3.23. The van der Waals surface area contributed by atoms with Crippen molar-refractivity contribution >= 4 is 17.3 Å². The second kappa shape index (κ2) is 7.01. The first-order valence-corrected chi connectivity index (χ1v) is 7.80. The van der Waals surface area contributed by atoms with Gasteiger partial charge in [-0.3, -0.25) is 4.79 Å². The van der Waals surface area contributed by atoms with E-state index in [-0.39, 0.29) is 11.9 Å². The Morgan fingerprint density at radius 1 is 1.42 bits per heavy atom. The molecule has 0 fully saturated rings. The summed E-state index contributed by atoms with van der Waals surface area (Å²) in [6.07, 6.45) is 3.78. The Bertz CT molecular complexity index is 430. The van der Waals surface area contributed by atoms with Gasteiger partial charge in [0, 0.05) is 17.9 Å². The van der Waals surface area contributed by atoms with E-state index in [4.69, 9.17) is 9.47 Å². The van der Waals surface area contributed by atoms with E-state index in [1.807, 2.05) is 13.8 Å². The van der Waals surface area contributed by atoms with Crippen molar-refractivity contribution in [3.8, 4) is 0 Å². The van der Waals surface area contributed by atoms with Gasteiger partial charge in [0.2, 0.25) is 0 Å². The predicted octanol–water partition coefficient (Wildman–Crippen LogP) is 2.71. The van der Waals surface area contributed by atoms with E-state index < -0.39 is 0 Å². The molecule has 0 saturated heterocycles. The van der Waals surface area contributed by atoms with Gasteiger partial charge in [-0.2, -0.15) is 0 Å². The normalized spacial score (nSPS) is 18.1. The molecule has 5 heteroatoms. The van der Waals surface area contributed by atoms with Crippen molar-refractivity contribution in [3.05, 3.63) is 15.6 Å². The zero-order valence-corrected chi connectivity index (χ0v) is 12.4. The minimum Gasteiger partial charge on any atom is -0.465 e. The van der Waals surface area contributed by atoms with Crippen molar-refractivity contribution in [2.24, 2.45) is 0 Å². The third-order valence-corrected chi connectivity index (χ3v) is 4.42. The molecule has 0 aromatic carbocycles. The van der Waals surface area contributed by atoms with Crippen LogP contribution in [0.3, 0.4) is 0 Å². The molecule has 1 aromatic rings. The molecule has 1 atom stereocenters. The van der Waals surface area contributed by atoms with E-state index in [1.165, 1.54) is 4.88 Å². The van der Waals surface area contributed by atoms with Gasteiger partial charge in [-0.15, -0.1) is 11.3 Å². The highest BCUT2D eigenvalue weighted by atomic mass is 32.1. The average Bonchev–Trinajstić information content (AvgIpc) is 2.81. The summed E-state index contributed by atoms with van der Waals surface area (Å²) in [6, 6.07) is 0. The van der Waals surface area contributed by atoms with Crippen LogP contribution in [0, 0.1) is 0 Å². The van der Waals surface area contributed by atoms with Crippen molar-refractivity contribution in [2.75, 3.05) is 19.8 Å². The quantitative estimate of drug-likeness (QED) is 0.595. The second-order valence-corrected chi connectivity index (χ2v) is 5.73. The van der Waals surface area contributed by atoms with E-state index in [2.05, 4.69) is 4.98 Å². The van der Waals surface area contributed by atoms with Crippen molar-refractivity contribution in [3.63, 3.8) is 0 Å². The Hall–Kier alpha value is -0.940. The maximum Gasteiger partial charge on any atom is 0.315 e. The molecule has 4 nitrogen and oxygen atoms in total. The Labute approximate surface area is 118 Å². The van der Waals surface area contributed by atoms with Gasteiger partial charge in [-0.05, 0) is 33.1 Å². The number of carbonyl (C=O) groups excluding carboxylic acids is 1. The largest absolute Gasteiger partial charge is 0.465 e. The monoisotopic (exact) mass is 283 g/mol. The highest BCUT2D eigenvalue weighted by Crippen LogP contribution is 2.35. The molecular formula is C14H21NO3S. The molecule has 1 heterocycles. The van der Waals surface area contributed by atoms with Gasteiger partial charge in [-0.25, -0.2) is 4.98 Å². The molecule has 0 N–H and O–H groups in total. The number of nitrogens with zero attached hydrogens (tertiary/aromatic N) is 1. The highest BCUT2D eigenvalue weighted by Gasteiger charge is 2.31. The molecule has 1 unspecified atom stereocenters. The fourth-order valence-corrected chi connectivity index (χ4v) is 3.50. The van der Waals surface area contributed by atoms with Crippen molar-refractivity contribution in [2.45, 2.75) is 45.4 Å². The summed E-state index contributed by atoms with van der Waals surface area (Å²) in [5, 5.41) is 1.08. The van der Waals surface area contributed by atoms with Gasteiger partial charge >= 0.3 is 5.97 Å². The molecule has 1 aliphatic carbocycles. The Morgan fingerprint density at radius 3 is 3.00 bits per heavy atom. The number of thiazole rings is 1. The van der Waals surface area contributed by atoms with Crippen molar-refractivity contribution in [1.29, 1.82) is 0 Å². The minimum absolute atomic E-state index is 0.120. The lowest BCUT2D eigenvalue weighted by Gasteiger charge is -2.19. The molecule has 0 aliphatic heterocycles. The van der Waals surface area contributed by atoms with Crippen LogP contribution >= 0.6 is 11.3 Å². The number of esters is 1. The van der Waals surface area contributed by atoms with E-state index in [1.54, 1.807) is 11.3 Å². The van der Waals surface area contributed by atoms with Crippen LogP contribution in [0.5, 0.6) is 0 Å². The lowest BCUT2D eigenvalue weighted by atomic mass is 9.91. The summed E-state index contributed by atoms with van der Waals surface area (Å²) in [5.41, 5.74) is 0.959.